The molecule has 0 radical (unpaired) electrons. The highest BCUT2D eigenvalue weighted by molar-refractivity contribution is 5.94. The minimum Gasteiger partial charge on any atom is -0.661 e. The Morgan fingerprint density at radius 2 is 1.40 bits per heavy atom. The number of aromatic carboxylic acids is 1. The van der Waals surface area contributed by atoms with Gasteiger partial charge in [-0.05, 0) is 23.8 Å². The molecule has 0 saturated heterocycles. The molecule has 0 bridgehead atoms. The predicted molar refractivity (Wildman–Crippen MR) is 138 cm³/mol. The minimum atomic E-state index is -4.80. The monoisotopic (exact) mass is 561 g/mol. The molecule has 0 aliphatic rings. The third-order valence-electron chi connectivity index (χ3n) is 5.35. The number of hydrogen-bond donors (Lipinski definition) is 2. The number of anilines is 1. The van der Waals surface area contributed by atoms with E-state index in [-0.39, 0.29) is 23.7 Å². The van der Waals surface area contributed by atoms with E-state index >= 15 is 0 Å². The number of alkyl halides is 6. The summed E-state index contributed by atoms with van der Waals surface area (Å²) in [4.78, 5) is 19.9. The zero-order valence-electron chi connectivity index (χ0n) is 21.0. The van der Waals surface area contributed by atoms with Gasteiger partial charge in [0.25, 0.3) is 0 Å². The zero-order valence-corrected chi connectivity index (χ0v) is 21.0. The summed E-state index contributed by atoms with van der Waals surface area (Å²) >= 11 is 0. The normalized spacial score (nSPS) is 11.4. The summed E-state index contributed by atoms with van der Waals surface area (Å²) in [5.74, 6) is -0.642. The number of nitrogens with one attached hydrogen (secondary N) is 1. The largest absolute Gasteiger partial charge is 0.661 e. The molecule has 0 atom stereocenters. The molecule has 4 aromatic rings. The van der Waals surface area contributed by atoms with E-state index in [1.54, 1.807) is 0 Å². The number of carboxylic acids is 1. The van der Waals surface area contributed by atoms with Crippen molar-refractivity contribution >= 4 is 11.9 Å². The van der Waals surface area contributed by atoms with Crippen molar-refractivity contribution in [1.29, 1.82) is 0 Å². The average Bonchev–Trinajstić information content (AvgIpc) is 2.92. The van der Waals surface area contributed by atoms with E-state index in [2.05, 4.69) is 20.6 Å². The van der Waals surface area contributed by atoms with Crippen molar-refractivity contribution in [3.05, 3.63) is 118 Å². The van der Waals surface area contributed by atoms with Gasteiger partial charge < -0.3 is 15.7 Å². The molecule has 4 rings (SSSR count). The highest BCUT2D eigenvalue weighted by atomic mass is 19.4. The summed E-state index contributed by atoms with van der Waals surface area (Å²) in [7, 11) is 1.31. The van der Waals surface area contributed by atoms with E-state index in [1.807, 2.05) is 60.7 Å². The number of hydrogen-bond acceptors (Lipinski definition) is 4. The van der Waals surface area contributed by atoms with Crippen LogP contribution in [0.3, 0.4) is 0 Å². The molecule has 0 amide bonds. The van der Waals surface area contributed by atoms with Crippen LogP contribution in [-0.2, 0) is 25.4 Å². The Morgan fingerprint density at radius 3 is 1.90 bits per heavy atom. The lowest BCUT2D eigenvalue weighted by molar-refractivity contribution is -0.143. The van der Waals surface area contributed by atoms with Crippen LogP contribution in [0.15, 0.2) is 85.1 Å². The molecule has 0 spiro atoms. The number of benzene rings is 3. The van der Waals surface area contributed by atoms with E-state index in [0.29, 0.717) is 30.3 Å². The smallest absolute Gasteiger partial charge is 0.416 e. The second-order valence-electron chi connectivity index (χ2n) is 8.35. The van der Waals surface area contributed by atoms with Gasteiger partial charge in [-0.2, -0.15) is 33.4 Å². The van der Waals surface area contributed by atoms with Crippen LogP contribution in [0.2, 0.25) is 0 Å². The summed E-state index contributed by atoms with van der Waals surface area (Å²) in [5, 5.41) is 16.0. The molecule has 12 heteroatoms. The first-order valence-corrected chi connectivity index (χ1v) is 11.7. The zero-order chi connectivity index (χ0) is 29.3. The number of nitrogens with zero attached hydrogens (tertiary/aromatic N) is 3. The van der Waals surface area contributed by atoms with Crippen LogP contribution >= 0.6 is 0 Å². The van der Waals surface area contributed by atoms with Crippen LogP contribution in [0, 0.1) is 0 Å². The highest BCUT2D eigenvalue weighted by Crippen LogP contribution is 2.36. The van der Waals surface area contributed by atoms with Gasteiger partial charge in [0.1, 0.15) is 5.56 Å². The Morgan fingerprint density at radius 1 is 0.850 bits per heavy atom. The first kappa shape index (κ1) is 30.1. The quantitative estimate of drug-likeness (QED) is 0.226. The lowest BCUT2D eigenvalue weighted by Gasteiger charge is -2.17. The van der Waals surface area contributed by atoms with Gasteiger partial charge >= 0.3 is 18.3 Å². The predicted octanol–water partition coefficient (Wildman–Crippen LogP) is 7.68. The summed E-state index contributed by atoms with van der Waals surface area (Å²) in [6, 6.07) is 20.5. The number of aromatic nitrogens is 2. The second-order valence-corrected chi connectivity index (χ2v) is 8.35. The number of halogens is 6. The van der Waals surface area contributed by atoms with Crippen LogP contribution in [-0.4, -0.2) is 28.1 Å². The lowest BCUT2D eigenvalue weighted by Crippen LogP contribution is -2.11. The number of rotatable bonds is 7. The van der Waals surface area contributed by atoms with Gasteiger partial charge in [-0.1, -0.05) is 66.2 Å². The maximum Gasteiger partial charge on any atom is 0.416 e. The molecule has 2 N–H and O–H groups in total. The first-order valence-electron chi connectivity index (χ1n) is 11.7. The van der Waals surface area contributed by atoms with Crippen molar-refractivity contribution in [1.82, 2.24) is 9.97 Å². The average molecular weight is 562 g/mol. The van der Waals surface area contributed by atoms with Crippen molar-refractivity contribution in [3.63, 3.8) is 0 Å². The van der Waals surface area contributed by atoms with Crippen molar-refractivity contribution in [2.45, 2.75) is 25.4 Å². The van der Waals surface area contributed by atoms with Crippen LogP contribution in [0.25, 0.3) is 16.6 Å². The minimum absolute atomic E-state index is 0.0847. The van der Waals surface area contributed by atoms with Gasteiger partial charge in [0.05, 0.1) is 16.8 Å². The highest BCUT2D eigenvalue weighted by Gasteiger charge is 2.36. The van der Waals surface area contributed by atoms with Crippen LogP contribution < -0.4 is 5.32 Å². The molecule has 0 fully saturated rings. The molecule has 6 nitrogen and oxygen atoms in total. The molecule has 3 aromatic carbocycles. The van der Waals surface area contributed by atoms with E-state index in [9.17, 15) is 36.2 Å². The Bertz CT molecular complexity index is 1380. The van der Waals surface area contributed by atoms with Crippen LogP contribution in [0.1, 0.15) is 32.6 Å². The molecular weight excluding hydrogens is 538 g/mol. The molecule has 0 aliphatic carbocycles. The number of carboxylic acid groups (broad SMARTS) is 1. The SMILES string of the molecule is C[N-]Cc1cc(C(F)(F)F)cc(C(F)(F)F)c1.O=C(O)c1cnc(NCc2ccccc2)nc1-c1ccccc1. The molecule has 1 heterocycles. The maximum absolute atomic E-state index is 12.4. The van der Waals surface area contributed by atoms with Crippen molar-refractivity contribution < 1.29 is 36.2 Å². The fraction of sp³-hybridized carbons (Fsp3) is 0.179. The Hall–Kier alpha value is -4.45. The van der Waals surface area contributed by atoms with Gasteiger partial charge in [0, 0.05) is 18.3 Å². The van der Waals surface area contributed by atoms with E-state index in [1.165, 1.54) is 13.2 Å². The molecule has 0 saturated carbocycles. The summed E-state index contributed by atoms with van der Waals surface area (Å²) in [6.45, 7) is 0.383. The second kappa shape index (κ2) is 13.1. The van der Waals surface area contributed by atoms with Gasteiger partial charge in [-0.3, -0.25) is 0 Å². The van der Waals surface area contributed by atoms with Crippen LogP contribution in [0.5, 0.6) is 0 Å². The molecule has 210 valence electrons. The van der Waals surface area contributed by atoms with Crippen molar-refractivity contribution in [2.24, 2.45) is 0 Å². The Kier molecular flexibility index (Phi) is 9.83. The van der Waals surface area contributed by atoms with E-state index in [4.69, 9.17) is 0 Å². The van der Waals surface area contributed by atoms with Gasteiger partial charge in [-0.25, -0.2) is 14.8 Å². The van der Waals surface area contributed by atoms with Crippen molar-refractivity contribution in [2.75, 3.05) is 12.4 Å². The molecule has 1 aromatic heterocycles. The van der Waals surface area contributed by atoms with Crippen molar-refractivity contribution in [3.8, 4) is 11.3 Å². The molecule has 0 unspecified atom stereocenters. The standard InChI is InChI=1S/C18H15N3O2.C10H8F6N/c22-17(23)15-12-20-18(19-11-13-7-3-1-4-8-13)21-16(15)14-9-5-2-6-10-14;1-17-5-6-2-7(9(11,12)13)4-8(3-6)10(14,15)16/h1-10,12H,11H2,(H,22,23)(H,19,20,21);2-4H,5H2,1H3/q;-1. The maximum atomic E-state index is 12.4. The fourth-order valence-corrected chi connectivity index (χ4v) is 3.51. The van der Waals surface area contributed by atoms with E-state index in [0.717, 1.165) is 11.1 Å². The summed E-state index contributed by atoms with van der Waals surface area (Å²) in [5.41, 5.74) is -0.411. The van der Waals surface area contributed by atoms with E-state index < -0.39 is 29.4 Å². The fourth-order valence-electron chi connectivity index (χ4n) is 3.51. The third kappa shape index (κ3) is 8.53. The van der Waals surface area contributed by atoms with Gasteiger partial charge in [0.15, 0.2) is 0 Å². The molecule has 40 heavy (non-hydrogen) atoms. The van der Waals surface area contributed by atoms with Gasteiger partial charge in [-0.15, -0.1) is 6.54 Å². The third-order valence-corrected chi connectivity index (χ3v) is 5.35. The summed E-state index contributed by atoms with van der Waals surface area (Å²) < 4.78 is 74.3. The summed E-state index contributed by atoms with van der Waals surface area (Å²) in [6.07, 6.45) is -8.27. The molecule has 0 aliphatic heterocycles. The topological polar surface area (TPSA) is 89.2 Å². The van der Waals surface area contributed by atoms with Gasteiger partial charge in [0.2, 0.25) is 5.95 Å². The number of carbonyl (C=O) groups is 1. The Labute approximate surface area is 225 Å². The first-order chi connectivity index (χ1) is 18.9. The lowest BCUT2D eigenvalue weighted by atomic mass is 10.0. The molecular formula is C28H23F6N4O2-. The van der Waals surface area contributed by atoms with Crippen LogP contribution in [0.4, 0.5) is 32.3 Å². The Balaban J connectivity index is 0.000000232.